The van der Waals surface area contributed by atoms with Gasteiger partial charge in [-0.1, -0.05) is 54.1 Å². The van der Waals surface area contributed by atoms with Gasteiger partial charge < -0.3 is 5.32 Å². The SMILES string of the molecule is O=C(Nc1ccccc1Cl)c1nc2cccnc2n(Cc2ccccc2)c1=O. The summed E-state index contributed by atoms with van der Waals surface area (Å²) >= 11 is 6.10. The molecule has 4 aromatic rings. The number of nitrogens with zero attached hydrogens (tertiary/aromatic N) is 3. The van der Waals surface area contributed by atoms with E-state index in [1.807, 2.05) is 30.3 Å². The molecule has 0 aliphatic heterocycles. The Morgan fingerprint density at radius 3 is 2.54 bits per heavy atom. The topological polar surface area (TPSA) is 76.9 Å². The molecular formula is C21H15ClN4O2. The van der Waals surface area contributed by atoms with Crippen LogP contribution in [0.15, 0.2) is 77.7 Å². The highest BCUT2D eigenvalue weighted by molar-refractivity contribution is 6.33. The molecule has 6 nitrogen and oxygen atoms in total. The van der Waals surface area contributed by atoms with Crippen LogP contribution in [0.2, 0.25) is 5.02 Å². The zero-order valence-corrected chi connectivity index (χ0v) is 15.4. The molecule has 2 heterocycles. The summed E-state index contributed by atoms with van der Waals surface area (Å²) in [4.78, 5) is 34.4. The van der Waals surface area contributed by atoms with Crippen molar-refractivity contribution >= 4 is 34.4 Å². The predicted molar refractivity (Wildman–Crippen MR) is 109 cm³/mol. The maximum Gasteiger partial charge on any atom is 0.284 e. The molecule has 0 bridgehead atoms. The van der Waals surface area contributed by atoms with Gasteiger partial charge in [-0.2, -0.15) is 0 Å². The number of benzene rings is 2. The molecule has 28 heavy (non-hydrogen) atoms. The van der Waals surface area contributed by atoms with Crippen LogP contribution in [0.4, 0.5) is 5.69 Å². The highest BCUT2D eigenvalue weighted by Gasteiger charge is 2.19. The zero-order chi connectivity index (χ0) is 19.5. The van der Waals surface area contributed by atoms with E-state index >= 15 is 0 Å². The number of anilines is 1. The molecule has 2 aromatic heterocycles. The molecule has 138 valence electrons. The number of amides is 1. The normalized spacial score (nSPS) is 10.8. The van der Waals surface area contributed by atoms with Crippen LogP contribution in [0.3, 0.4) is 0 Å². The first kappa shape index (κ1) is 17.9. The standard InChI is InChI=1S/C21H15ClN4O2/c22-15-9-4-5-10-16(15)25-20(27)18-21(28)26(13-14-7-2-1-3-8-14)19-17(24-18)11-6-12-23-19/h1-12H,13H2,(H,25,27). The Bertz CT molecular complexity index is 1220. The number of halogens is 1. The second-order valence-electron chi connectivity index (χ2n) is 6.12. The van der Waals surface area contributed by atoms with Gasteiger partial charge in [-0.15, -0.1) is 0 Å². The number of rotatable bonds is 4. The van der Waals surface area contributed by atoms with Crippen LogP contribution >= 0.6 is 11.6 Å². The van der Waals surface area contributed by atoms with Gasteiger partial charge in [0, 0.05) is 6.20 Å². The average Bonchev–Trinajstić information content (AvgIpc) is 2.72. The zero-order valence-electron chi connectivity index (χ0n) is 14.7. The molecule has 7 heteroatoms. The Labute approximate surface area is 165 Å². The van der Waals surface area contributed by atoms with Crippen LogP contribution in [0, 0.1) is 0 Å². The quantitative estimate of drug-likeness (QED) is 0.575. The lowest BCUT2D eigenvalue weighted by Crippen LogP contribution is -2.32. The molecule has 0 spiro atoms. The Kier molecular flexibility index (Phi) is 4.87. The molecular weight excluding hydrogens is 376 g/mol. The third-order valence-electron chi connectivity index (χ3n) is 4.22. The molecule has 0 saturated carbocycles. The Morgan fingerprint density at radius 2 is 1.75 bits per heavy atom. The van der Waals surface area contributed by atoms with Gasteiger partial charge in [0.2, 0.25) is 0 Å². The fourth-order valence-electron chi connectivity index (χ4n) is 2.88. The maximum absolute atomic E-state index is 13.1. The van der Waals surface area contributed by atoms with Crippen LogP contribution in [0.5, 0.6) is 0 Å². The van der Waals surface area contributed by atoms with Crippen LogP contribution in [0.25, 0.3) is 11.2 Å². The van der Waals surface area contributed by atoms with Crippen molar-refractivity contribution in [3.8, 4) is 0 Å². The monoisotopic (exact) mass is 390 g/mol. The first-order valence-corrected chi connectivity index (χ1v) is 8.96. The lowest BCUT2D eigenvalue weighted by Gasteiger charge is -2.12. The summed E-state index contributed by atoms with van der Waals surface area (Å²) in [5.41, 5.74) is 1.49. The first-order chi connectivity index (χ1) is 13.6. The minimum atomic E-state index is -0.620. The molecule has 0 radical (unpaired) electrons. The number of para-hydroxylation sites is 1. The number of nitrogens with one attached hydrogen (secondary N) is 1. The summed E-state index contributed by atoms with van der Waals surface area (Å²) in [6.45, 7) is 0.280. The lowest BCUT2D eigenvalue weighted by atomic mass is 10.2. The van der Waals surface area contributed by atoms with E-state index in [4.69, 9.17) is 11.6 Å². The van der Waals surface area contributed by atoms with E-state index in [0.29, 0.717) is 21.9 Å². The van der Waals surface area contributed by atoms with Gasteiger partial charge in [0.05, 0.1) is 17.3 Å². The van der Waals surface area contributed by atoms with Gasteiger partial charge in [-0.3, -0.25) is 14.2 Å². The number of pyridine rings is 1. The minimum absolute atomic E-state index is 0.212. The minimum Gasteiger partial charge on any atom is -0.319 e. The van der Waals surface area contributed by atoms with E-state index in [1.165, 1.54) is 4.57 Å². The van der Waals surface area contributed by atoms with Crippen LogP contribution in [-0.4, -0.2) is 20.4 Å². The van der Waals surface area contributed by atoms with Crippen molar-refractivity contribution < 1.29 is 4.79 Å². The first-order valence-electron chi connectivity index (χ1n) is 8.59. The number of carbonyl (C=O) groups is 1. The number of hydrogen-bond donors (Lipinski definition) is 1. The van der Waals surface area contributed by atoms with Gasteiger partial charge in [-0.25, -0.2) is 9.97 Å². The van der Waals surface area contributed by atoms with Gasteiger partial charge in [-0.05, 0) is 29.8 Å². The van der Waals surface area contributed by atoms with Crippen molar-refractivity contribution in [1.29, 1.82) is 0 Å². The van der Waals surface area contributed by atoms with E-state index in [9.17, 15) is 9.59 Å². The van der Waals surface area contributed by atoms with Crippen molar-refractivity contribution in [2.24, 2.45) is 0 Å². The smallest absolute Gasteiger partial charge is 0.284 e. The molecule has 4 rings (SSSR count). The lowest BCUT2D eigenvalue weighted by molar-refractivity contribution is 0.102. The van der Waals surface area contributed by atoms with Crippen LogP contribution in [0.1, 0.15) is 16.1 Å². The van der Waals surface area contributed by atoms with E-state index in [0.717, 1.165) is 5.56 Å². The molecule has 1 amide bonds. The predicted octanol–water partition coefficient (Wildman–Crippen LogP) is 3.75. The molecule has 0 unspecified atom stereocenters. The van der Waals surface area contributed by atoms with E-state index in [1.54, 1.807) is 42.6 Å². The second-order valence-corrected chi connectivity index (χ2v) is 6.52. The van der Waals surface area contributed by atoms with Crippen molar-refractivity contribution in [1.82, 2.24) is 14.5 Å². The van der Waals surface area contributed by atoms with Gasteiger partial charge in [0.25, 0.3) is 11.5 Å². The molecule has 2 aromatic carbocycles. The summed E-state index contributed by atoms with van der Waals surface area (Å²) < 4.78 is 1.46. The van der Waals surface area contributed by atoms with Crippen LogP contribution in [-0.2, 0) is 6.54 Å². The third-order valence-corrected chi connectivity index (χ3v) is 4.55. The highest BCUT2D eigenvalue weighted by Crippen LogP contribution is 2.21. The van der Waals surface area contributed by atoms with E-state index in [-0.39, 0.29) is 12.2 Å². The third kappa shape index (κ3) is 3.50. The van der Waals surface area contributed by atoms with Crippen molar-refractivity contribution in [2.75, 3.05) is 5.32 Å². The van der Waals surface area contributed by atoms with Crippen molar-refractivity contribution in [2.45, 2.75) is 6.54 Å². The summed E-state index contributed by atoms with van der Waals surface area (Å²) in [6.07, 6.45) is 1.59. The number of carbonyl (C=O) groups excluding carboxylic acids is 1. The van der Waals surface area contributed by atoms with Crippen molar-refractivity contribution in [3.63, 3.8) is 0 Å². The summed E-state index contributed by atoms with van der Waals surface area (Å²) in [6, 6.07) is 19.7. The van der Waals surface area contributed by atoms with Gasteiger partial charge >= 0.3 is 0 Å². The second kappa shape index (κ2) is 7.62. The molecule has 1 N–H and O–H groups in total. The van der Waals surface area contributed by atoms with E-state index < -0.39 is 11.5 Å². The Morgan fingerprint density at radius 1 is 1.00 bits per heavy atom. The van der Waals surface area contributed by atoms with Crippen LogP contribution < -0.4 is 10.9 Å². The fraction of sp³-hybridized carbons (Fsp3) is 0.0476. The fourth-order valence-corrected chi connectivity index (χ4v) is 3.06. The summed E-state index contributed by atoms with van der Waals surface area (Å²) in [5.74, 6) is -0.620. The summed E-state index contributed by atoms with van der Waals surface area (Å²) in [7, 11) is 0. The average molecular weight is 391 g/mol. The van der Waals surface area contributed by atoms with Gasteiger partial charge in [0.1, 0.15) is 5.52 Å². The molecule has 0 saturated heterocycles. The summed E-state index contributed by atoms with van der Waals surface area (Å²) in [5, 5.41) is 3.03. The number of hydrogen-bond acceptors (Lipinski definition) is 4. The molecule has 0 aliphatic rings. The Balaban J connectivity index is 1.81. The number of fused-ring (bicyclic) bond motifs is 1. The molecule has 0 aliphatic carbocycles. The number of aromatic nitrogens is 3. The largest absolute Gasteiger partial charge is 0.319 e. The molecule has 0 fully saturated rings. The maximum atomic E-state index is 13.1. The molecule has 0 atom stereocenters. The highest BCUT2D eigenvalue weighted by atomic mass is 35.5. The Hall–Kier alpha value is -3.51. The van der Waals surface area contributed by atoms with Crippen molar-refractivity contribution in [3.05, 3.63) is 99.6 Å². The van der Waals surface area contributed by atoms with E-state index in [2.05, 4.69) is 15.3 Å². The van der Waals surface area contributed by atoms with Gasteiger partial charge in [0.15, 0.2) is 11.3 Å².